The van der Waals surface area contributed by atoms with Gasteiger partial charge in [0.2, 0.25) is 0 Å². The average Bonchev–Trinajstić information content (AvgIpc) is 2.78. The summed E-state index contributed by atoms with van der Waals surface area (Å²) in [6, 6.07) is 19.8. The van der Waals surface area contributed by atoms with Crippen molar-refractivity contribution in [1.29, 1.82) is 0 Å². The van der Waals surface area contributed by atoms with E-state index in [1.165, 1.54) is 7.11 Å². The zero-order valence-corrected chi connectivity index (χ0v) is 18.3. The minimum atomic E-state index is -0.336. The van der Waals surface area contributed by atoms with Crippen LogP contribution < -0.4 is 24.8 Å². The minimum absolute atomic E-state index is 0.117. The first-order valence-corrected chi connectivity index (χ1v) is 10.1. The number of methoxy groups -OCH3 is 1. The lowest BCUT2D eigenvalue weighted by Gasteiger charge is -2.12. The highest BCUT2D eigenvalue weighted by molar-refractivity contribution is 5.95. The van der Waals surface area contributed by atoms with Gasteiger partial charge in [-0.05, 0) is 61.4 Å². The highest BCUT2D eigenvalue weighted by Crippen LogP contribution is 2.25. The summed E-state index contributed by atoms with van der Waals surface area (Å²) >= 11 is 0. The molecule has 0 bridgehead atoms. The van der Waals surface area contributed by atoms with E-state index in [4.69, 9.17) is 14.2 Å². The molecule has 7 nitrogen and oxygen atoms in total. The first-order chi connectivity index (χ1) is 15.4. The third kappa shape index (κ3) is 6.50. The Bertz CT molecular complexity index is 1100. The van der Waals surface area contributed by atoms with E-state index in [-0.39, 0.29) is 25.0 Å². The number of para-hydroxylation sites is 2. The molecule has 2 amide bonds. The maximum absolute atomic E-state index is 12.3. The van der Waals surface area contributed by atoms with E-state index in [0.717, 1.165) is 11.1 Å². The number of anilines is 2. The minimum Gasteiger partial charge on any atom is -0.493 e. The molecule has 7 heteroatoms. The average molecular weight is 434 g/mol. The fraction of sp³-hybridized carbons (Fsp3) is 0.200. The second-order valence-electron chi connectivity index (χ2n) is 7.17. The van der Waals surface area contributed by atoms with E-state index >= 15 is 0 Å². The van der Waals surface area contributed by atoms with Crippen molar-refractivity contribution in [2.24, 2.45) is 0 Å². The number of hydrogen-bond acceptors (Lipinski definition) is 5. The van der Waals surface area contributed by atoms with Crippen molar-refractivity contribution in [3.8, 4) is 17.2 Å². The summed E-state index contributed by atoms with van der Waals surface area (Å²) < 4.78 is 16.4. The van der Waals surface area contributed by atoms with Crippen LogP contribution >= 0.6 is 0 Å². The van der Waals surface area contributed by atoms with E-state index in [1.807, 2.05) is 38.1 Å². The molecule has 0 aromatic heterocycles. The normalized spacial score (nSPS) is 10.2. The van der Waals surface area contributed by atoms with Gasteiger partial charge in [0.05, 0.1) is 7.11 Å². The number of amides is 2. The number of benzene rings is 3. The summed E-state index contributed by atoms with van der Waals surface area (Å²) in [6.07, 6.45) is 0. The zero-order valence-electron chi connectivity index (χ0n) is 18.3. The molecule has 3 aromatic rings. The van der Waals surface area contributed by atoms with Crippen LogP contribution in [0, 0.1) is 13.8 Å². The molecule has 0 atom stereocenters. The first kappa shape index (κ1) is 22.7. The predicted octanol–water partition coefficient (Wildman–Crippen LogP) is 4.35. The molecule has 32 heavy (non-hydrogen) atoms. The van der Waals surface area contributed by atoms with Gasteiger partial charge in [0.1, 0.15) is 5.75 Å². The summed E-state index contributed by atoms with van der Waals surface area (Å²) in [4.78, 5) is 24.5. The number of carbonyl (C=O) groups excluding carboxylic acids is 2. The SMILES string of the molecule is COc1ccccc1OCC(=O)Nc1cccc(NC(=O)COc2cc(C)ccc2C)c1. The molecular weight excluding hydrogens is 408 g/mol. The van der Waals surface area contributed by atoms with Crippen LogP contribution in [0.4, 0.5) is 11.4 Å². The predicted molar refractivity (Wildman–Crippen MR) is 124 cm³/mol. The van der Waals surface area contributed by atoms with Gasteiger partial charge in [-0.15, -0.1) is 0 Å². The van der Waals surface area contributed by atoms with Crippen LogP contribution in [-0.2, 0) is 9.59 Å². The van der Waals surface area contributed by atoms with Gasteiger partial charge in [-0.3, -0.25) is 9.59 Å². The third-order valence-electron chi connectivity index (χ3n) is 4.56. The van der Waals surface area contributed by atoms with E-state index in [2.05, 4.69) is 10.6 Å². The number of nitrogens with one attached hydrogen (secondary N) is 2. The number of aryl methyl sites for hydroxylation is 2. The van der Waals surface area contributed by atoms with Crippen molar-refractivity contribution in [2.45, 2.75) is 13.8 Å². The van der Waals surface area contributed by atoms with Gasteiger partial charge in [0, 0.05) is 11.4 Å². The molecule has 3 rings (SSSR count). The first-order valence-electron chi connectivity index (χ1n) is 10.1. The third-order valence-corrected chi connectivity index (χ3v) is 4.56. The Kier molecular flexibility index (Phi) is 7.70. The van der Waals surface area contributed by atoms with Crippen LogP contribution in [0.25, 0.3) is 0 Å². The lowest BCUT2D eigenvalue weighted by atomic mass is 10.1. The Morgan fingerprint density at radius 2 is 1.31 bits per heavy atom. The number of carbonyl (C=O) groups is 2. The van der Waals surface area contributed by atoms with E-state index in [1.54, 1.807) is 42.5 Å². The maximum Gasteiger partial charge on any atom is 0.262 e. The molecular formula is C25H26N2O5. The fourth-order valence-electron chi connectivity index (χ4n) is 2.96. The summed E-state index contributed by atoms with van der Waals surface area (Å²) in [7, 11) is 1.54. The van der Waals surface area contributed by atoms with E-state index < -0.39 is 0 Å². The molecule has 0 aliphatic heterocycles. The van der Waals surface area contributed by atoms with Crippen molar-refractivity contribution in [3.05, 3.63) is 77.9 Å². The summed E-state index contributed by atoms with van der Waals surface area (Å²) in [5.41, 5.74) is 3.10. The highest BCUT2D eigenvalue weighted by Gasteiger charge is 2.09. The Morgan fingerprint density at radius 1 is 0.719 bits per heavy atom. The van der Waals surface area contributed by atoms with Crippen molar-refractivity contribution in [1.82, 2.24) is 0 Å². The Labute approximate surface area is 187 Å². The maximum atomic E-state index is 12.3. The van der Waals surface area contributed by atoms with Gasteiger partial charge in [0.15, 0.2) is 24.7 Å². The van der Waals surface area contributed by atoms with Gasteiger partial charge in [-0.2, -0.15) is 0 Å². The van der Waals surface area contributed by atoms with E-state index in [9.17, 15) is 9.59 Å². The largest absolute Gasteiger partial charge is 0.493 e. The molecule has 0 saturated heterocycles. The molecule has 0 unspecified atom stereocenters. The Balaban J connectivity index is 1.51. The van der Waals surface area contributed by atoms with Crippen LogP contribution in [-0.4, -0.2) is 32.1 Å². The molecule has 3 aromatic carbocycles. The van der Waals surface area contributed by atoms with Gasteiger partial charge in [-0.25, -0.2) is 0 Å². The monoisotopic (exact) mass is 434 g/mol. The molecule has 0 spiro atoms. The zero-order chi connectivity index (χ0) is 22.9. The quantitative estimate of drug-likeness (QED) is 0.523. The summed E-state index contributed by atoms with van der Waals surface area (Å²) in [5.74, 6) is 1.07. The molecule has 0 heterocycles. The smallest absolute Gasteiger partial charge is 0.262 e. The molecule has 166 valence electrons. The van der Waals surface area contributed by atoms with Gasteiger partial charge < -0.3 is 24.8 Å². The summed E-state index contributed by atoms with van der Waals surface area (Å²) in [5, 5.41) is 5.52. The second kappa shape index (κ2) is 10.9. The van der Waals surface area contributed by atoms with Gasteiger partial charge in [-0.1, -0.05) is 30.3 Å². The van der Waals surface area contributed by atoms with Crippen LogP contribution in [0.3, 0.4) is 0 Å². The lowest BCUT2D eigenvalue weighted by Crippen LogP contribution is -2.21. The molecule has 2 N–H and O–H groups in total. The molecule has 0 radical (unpaired) electrons. The van der Waals surface area contributed by atoms with Crippen molar-refractivity contribution in [2.75, 3.05) is 31.0 Å². The Hall–Kier alpha value is -4.00. The molecule has 0 aliphatic rings. The highest BCUT2D eigenvalue weighted by atomic mass is 16.5. The summed E-state index contributed by atoms with van der Waals surface area (Å²) in [6.45, 7) is 3.60. The van der Waals surface area contributed by atoms with Crippen LogP contribution in [0.5, 0.6) is 17.2 Å². The van der Waals surface area contributed by atoms with Crippen molar-refractivity contribution < 1.29 is 23.8 Å². The standard InChI is InChI=1S/C25H26N2O5/c1-17-11-12-18(2)23(13-17)32-16-25(29)27-20-8-6-7-19(14-20)26-24(28)15-31-22-10-5-4-9-21(22)30-3/h4-14H,15-16H2,1-3H3,(H,26,28)(H,27,29). The van der Waals surface area contributed by atoms with Gasteiger partial charge >= 0.3 is 0 Å². The topological polar surface area (TPSA) is 85.9 Å². The molecule has 0 saturated carbocycles. The van der Waals surface area contributed by atoms with Crippen LogP contribution in [0.2, 0.25) is 0 Å². The van der Waals surface area contributed by atoms with Crippen molar-refractivity contribution in [3.63, 3.8) is 0 Å². The number of hydrogen-bond donors (Lipinski definition) is 2. The molecule has 0 fully saturated rings. The fourth-order valence-corrected chi connectivity index (χ4v) is 2.96. The second-order valence-corrected chi connectivity index (χ2v) is 7.17. The number of rotatable bonds is 9. The number of ether oxygens (including phenoxy) is 3. The lowest BCUT2D eigenvalue weighted by molar-refractivity contribution is -0.118. The Morgan fingerprint density at radius 3 is 1.94 bits per heavy atom. The van der Waals surface area contributed by atoms with Crippen LogP contribution in [0.15, 0.2) is 66.7 Å². The van der Waals surface area contributed by atoms with E-state index in [0.29, 0.717) is 28.6 Å². The molecule has 0 aliphatic carbocycles. The van der Waals surface area contributed by atoms with Gasteiger partial charge in [0.25, 0.3) is 11.8 Å². The van der Waals surface area contributed by atoms with Crippen LogP contribution in [0.1, 0.15) is 11.1 Å². The van der Waals surface area contributed by atoms with Crippen molar-refractivity contribution >= 4 is 23.2 Å².